The van der Waals surface area contributed by atoms with E-state index in [1.54, 1.807) is 0 Å². The van der Waals surface area contributed by atoms with Crippen LogP contribution in [0, 0.1) is 0 Å². The van der Waals surface area contributed by atoms with E-state index in [1.807, 2.05) is 60.4 Å². The molecule has 0 unspecified atom stereocenters. The molecule has 1 amide bonds. The Kier molecular flexibility index (Phi) is 4.73. The molecule has 0 saturated carbocycles. The Morgan fingerprint density at radius 2 is 1.53 bits per heavy atom. The fourth-order valence-electron chi connectivity index (χ4n) is 2.14. The summed E-state index contributed by atoms with van der Waals surface area (Å²) in [6, 6.07) is 20.0. The van der Waals surface area contributed by atoms with Gasteiger partial charge in [-0.05, 0) is 31.0 Å². The summed E-state index contributed by atoms with van der Waals surface area (Å²) in [4.78, 5) is 14.1. The highest BCUT2D eigenvalue weighted by Gasteiger charge is 2.12. The number of rotatable bonds is 5. The van der Waals surface area contributed by atoms with E-state index in [9.17, 15) is 4.79 Å². The molecular weight excluding hydrogens is 234 g/mol. The number of anilines is 1. The maximum absolute atomic E-state index is 12.3. The van der Waals surface area contributed by atoms with Crippen molar-refractivity contribution < 1.29 is 4.79 Å². The molecule has 98 valence electrons. The van der Waals surface area contributed by atoms with Gasteiger partial charge in [0.15, 0.2) is 0 Å². The molecule has 0 aromatic heterocycles. The molecule has 0 heterocycles. The third-order valence-corrected chi connectivity index (χ3v) is 3.16. The molecule has 0 saturated heterocycles. The summed E-state index contributed by atoms with van der Waals surface area (Å²) in [5, 5.41) is 0. The van der Waals surface area contributed by atoms with Gasteiger partial charge in [-0.25, -0.2) is 0 Å². The number of benzene rings is 2. The lowest BCUT2D eigenvalue weighted by molar-refractivity contribution is -0.118. The van der Waals surface area contributed by atoms with Gasteiger partial charge in [0.1, 0.15) is 0 Å². The highest BCUT2D eigenvalue weighted by Crippen LogP contribution is 2.15. The van der Waals surface area contributed by atoms with E-state index >= 15 is 0 Å². The summed E-state index contributed by atoms with van der Waals surface area (Å²) in [6.07, 6.45) is 1.34. The van der Waals surface area contributed by atoms with Crippen molar-refractivity contribution in [2.45, 2.75) is 19.8 Å². The van der Waals surface area contributed by atoms with Crippen molar-refractivity contribution in [3.05, 3.63) is 66.2 Å². The Morgan fingerprint density at radius 1 is 0.947 bits per heavy atom. The van der Waals surface area contributed by atoms with Crippen LogP contribution in [-0.2, 0) is 11.2 Å². The monoisotopic (exact) mass is 253 g/mol. The minimum Gasteiger partial charge on any atom is -0.313 e. The number of hydrogen-bond donors (Lipinski definition) is 0. The van der Waals surface area contributed by atoms with Gasteiger partial charge in [-0.15, -0.1) is 0 Å². The van der Waals surface area contributed by atoms with Crippen LogP contribution in [0.25, 0.3) is 0 Å². The zero-order valence-electron chi connectivity index (χ0n) is 11.3. The summed E-state index contributed by atoms with van der Waals surface area (Å²) in [6.45, 7) is 2.71. The Morgan fingerprint density at radius 3 is 2.11 bits per heavy atom. The highest BCUT2D eigenvalue weighted by atomic mass is 16.2. The van der Waals surface area contributed by atoms with Gasteiger partial charge in [-0.3, -0.25) is 4.79 Å². The quantitative estimate of drug-likeness (QED) is 0.796. The molecule has 2 rings (SSSR count). The van der Waals surface area contributed by atoms with Gasteiger partial charge in [0.05, 0.1) is 0 Å². The summed E-state index contributed by atoms with van der Waals surface area (Å²) >= 11 is 0. The first-order valence-corrected chi connectivity index (χ1v) is 6.70. The number of carbonyl (C=O) groups excluding carboxylic acids is 1. The number of hydrogen-bond acceptors (Lipinski definition) is 1. The first kappa shape index (κ1) is 13.3. The summed E-state index contributed by atoms with van der Waals surface area (Å²) < 4.78 is 0. The van der Waals surface area contributed by atoms with Crippen LogP contribution < -0.4 is 4.90 Å². The minimum absolute atomic E-state index is 0.178. The molecule has 0 fully saturated rings. The predicted octanol–water partition coefficient (Wildman–Crippen LogP) is 3.67. The fraction of sp³-hybridized carbons (Fsp3) is 0.235. The number of para-hydroxylation sites is 1. The van der Waals surface area contributed by atoms with Gasteiger partial charge < -0.3 is 4.90 Å². The average molecular weight is 253 g/mol. The SMILES string of the molecule is CCN(C(=O)CCc1ccccc1)c1ccccc1. The Labute approximate surface area is 114 Å². The highest BCUT2D eigenvalue weighted by molar-refractivity contribution is 5.93. The summed E-state index contributed by atoms with van der Waals surface area (Å²) in [7, 11) is 0. The molecule has 2 heteroatoms. The largest absolute Gasteiger partial charge is 0.313 e. The van der Waals surface area contributed by atoms with Crippen molar-refractivity contribution in [2.24, 2.45) is 0 Å². The molecular formula is C17H19NO. The number of aryl methyl sites for hydroxylation is 1. The van der Waals surface area contributed by atoms with Crippen LogP contribution >= 0.6 is 0 Å². The topological polar surface area (TPSA) is 20.3 Å². The van der Waals surface area contributed by atoms with Gasteiger partial charge in [-0.1, -0.05) is 48.5 Å². The van der Waals surface area contributed by atoms with Crippen LogP contribution in [0.2, 0.25) is 0 Å². The van der Waals surface area contributed by atoms with E-state index in [1.165, 1.54) is 5.56 Å². The lowest BCUT2D eigenvalue weighted by Gasteiger charge is -2.21. The number of carbonyl (C=O) groups is 1. The van der Waals surface area contributed by atoms with E-state index in [0.29, 0.717) is 13.0 Å². The van der Waals surface area contributed by atoms with Gasteiger partial charge in [0.25, 0.3) is 0 Å². The van der Waals surface area contributed by atoms with Crippen molar-refractivity contribution in [2.75, 3.05) is 11.4 Å². The zero-order chi connectivity index (χ0) is 13.5. The van der Waals surface area contributed by atoms with Gasteiger partial charge in [0, 0.05) is 18.7 Å². The van der Waals surface area contributed by atoms with Crippen molar-refractivity contribution in [3.8, 4) is 0 Å². The zero-order valence-corrected chi connectivity index (χ0v) is 11.3. The molecule has 0 aliphatic rings. The first-order chi connectivity index (χ1) is 9.31. The Bertz CT molecular complexity index is 507. The second-order valence-electron chi connectivity index (χ2n) is 4.46. The summed E-state index contributed by atoms with van der Waals surface area (Å²) in [5.41, 5.74) is 2.18. The van der Waals surface area contributed by atoms with Gasteiger partial charge in [-0.2, -0.15) is 0 Å². The lowest BCUT2D eigenvalue weighted by Crippen LogP contribution is -2.30. The average Bonchev–Trinajstić information content (AvgIpc) is 2.48. The Balaban J connectivity index is 1.98. The van der Waals surface area contributed by atoms with E-state index in [4.69, 9.17) is 0 Å². The summed E-state index contributed by atoms with van der Waals surface area (Å²) in [5.74, 6) is 0.178. The van der Waals surface area contributed by atoms with Gasteiger partial charge in [0.2, 0.25) is 5.91 Å². The van der Waals surface area contributed by atoms with Crippen LogP contribution in [0.1, 0.15) is 18.9 Å². The molecule has 0 aliphatic heterocycles. The van der Waals surface area contributed by atoms with Crippen molar-refractivity contribution >= 4 is 11.6 Å². The normalized spacial score (nSPS) is 10.2. The molecule has 2 aromatic rings. The fourth-order valence-corrected chi connectivity index (χ4v) is 2.14. The maximum Gasteiger partial charge on any atom is 0.227 e. The minimum atomic E-state index is 0.178. The molecule has 0 aliphatic carbocycles. The molecule has 0 bridgehead atoms. The van der Waals surface area contributed by atoms with Crippen LogP contribution in [-0.4, -0.2) is 12.5 Å². The molecule has 19 heavy (non-hydrogen) atoms. The molecule has 2 nitrogen and oxygen atoms in total. The van der Waals surface area contributed by atoms with E-state index in [0.717, 1.165) is 12.1 Å². The van der Waals surface area contributed by atoms with Crippen molar-refractivity contribution in [3.63, 3.8) is 0 Å². The van der Waals surface area contributed by atoms with Crippen LogP contribution in [0.4, 0.5) is 5.69 Å². The maximum atomic E-state index is 12.3. The molecule has 0 atom stereocenters. The van der Waals surface area contributed by atoms with Crippen LogP contribution in [0.5, 0.6) is 0 Å². The second kappa shape index (κ2) is 6.74. The van der Waals surface area contributed by atoms with E-state index < -0.39 is 0 Å². The number of nitrogens with zero attached hydrogens (tertiary/aromatic N) is 1. The van der Waals surface area contributed by atoms with Gasteiger partial charge >= 0.3 is 0 Å². The number of amides is 1. The predicted molar refractivity (Wildman–Crippen MR) is 79.2 cm³/mol. The molecule has 0 radical (unpaired) electrons. The smallest absolute Gasteiger partial charge is 0.227 e. The third-order valence-electron chi connectivity index (χ3n) is 3.16. The van der Waals surface area contributed by atoms with E-state index in [-0.39, 0.29) is 5.91 Å². The van der Waals surface area contributed by atoms with Crippen molar-refractivity contribution in [1.82, 2.24) is 0 Å². The second-order valence-corrected chi connectivity index (χ2v) is 4.46. The molecule has 2 aromatic carbocycles. The molecule has 0 N–H and O–H groups in total. The van der Waals surface area contributed by atoms with E-state index in [2.05, 4.69) is 12.1 Å². The first-order valence-electron chi connectivity index (χ1n) is 6.70. The lowest BCUT2D eigenvalue weighted by atomic mass is 10.1. The standard InChI is InChI=1S/C17H19NO/c1-2-18(16-11-7-4-8-12-16)17(19)14-13-15-9-5-3-6-10-15/h3-12H,2,13-14H2,1H3. The molecule has 0 spiro atoms. The van der Waals surface area contributed by atoms with Crippen LogP contribution in [0.3, 0.4) is 0 Å². The Hall–Kier alpha value is -2.09. The van der Waals surface area contributed by atoms with Crippen molar-refractivity contribution in [1.29, 1.82) is 0 Å². The van der Waals surface area contributed by atoms with Crippen LogP contribution in [0.15, 0.2) is 60.7 Å². The third kappa shape index (κ3) is 3.68.